The fourth-order valence-corrected chi connectivity index (χ4v) is 4.60. The van der Waals surface area contributed by atoms with Gasteiger partial charge in [-0.15, -0.1) is 10.2 Å². The molecule has 3 nitrogen and oxygen atoms in total. The van der Waals surface area contributed by atoms with Gasteiger partial charge in [-0.2, -0.15) is 13.2 Å². The number of hydrogen-bond acceptors (Lipinski definition) is 2. The fraction of sp³-hybridized carbons (Fsp3) is 0.500. The highest BCUT2D eigenvalue weighted by atomic mass is 28.3. The first-order valence-electron chi connectivity index (χ1n) is 7.53. The number of hydrogen-bond donors (Lipinski definition) is 0. The minimum atomic E-state index is -4.49. The summed E-state index contributed by atoms with van der Waals surface area (Å²) in [6, 6.07) is 6.77. The van der Waals surface area contributed by atoms with Crippen LogP contribution in [-0.4, -0.2) is 18.6 Å². The molecular formula is C16H20F3N3Si. The van der Waals surface area contributed by atoms with Gasteiger partial charge in [0.05, 0.1) is 0 Å². The average molecular weight is 339 g/mol. The first-order chi connectivity index (χ1) is 10.4. The van der Waals surface area contributed by atoms with Gasteiger partial charge in [0.2, 0.25) is 0 Å². The molecule has 1 aliphatic heterocycles. The van der Waals surface area contributed by atoms with Crippen LogP contribution in [0.2, 0.25) is 18.1 Å². The van der Waals surface area contributed by atoms with E-state index in [0.29, 0.717) is 0 Å². The van der Waals surface area contributed by atoms with E-state index >= 15 is 0 Å². The van der Waals surface area contributed by atoms with Crippen molar-refractivity contribution >= 4 is 19.1 Å². The molecule has 1 aromatic carbocycles. The molecule has 0 saturated carbocycles. The van der Waals surface area contributed by atoms with Crippen molar-refractivity contribution in [3.8, 4) is 0 Å². The number of aromatic nitrogens is 1. The van der Waals surface area contributed by atoms with Crippen LogP contribution in [0.4, 0.5) is 13.2 Å². The third-order valence-electron chi connectivity index (χ3n) is 5.23. The molecule has 2 heterocycles. The number of nitrogens with zero attached hydrogens (tertiary/aromatic N) is 3. The zero-order chi connectivity index (χ0) is 17.3. The van der Waals surface area contributed by atoms with E-state index in [1.54, 1.807) is 12.1 Å². The monoisotopic (exact) mass is 339 g/mol. The zero-order valence-electron chi connectivity index (χ0n) is 13.9. The molecule has 7 heteroatoms. The maximum absolute atomic E-state index is 13.2. The summed E-state index contributed by atoms with van der Waals surface area (Å²) in [5.41, 5.74) is -1.44. The Morgan fingerprint density at radius 1 is 1.04 bits per heavy atom. The Labute approximate surface area is 134 Å². The van der Waals surface area contributed by atoms with Crippen LogP contribution >= 0.6 is 0 Å². The van der Waals surface area contributed by atoms with E-state index in [2.05, 4.69) is 48.3 Å². The van der Waals surface area contributed by atoms with Crippen LogP contribution in [0, 0.1) is 0 Å². The summed E-state index contributed by atoms with van der Waals surface area (Å²) in [6.07, 6.45) is -2.50. The van der Waals surface area contributed by atoms with Gasteiger partial charge >= 0.3 is 11.8 Å². The van der Waals surface area contributed by atoms with Crippen LogP contribution in [0.3, 0.4) is 0 Å². The lowest BCUT2D eigenvalue weighted by Crippen LogP contribution is -2.44. The Morgan fingerprint density at radius 3 is 2.13 bits per heavy atom. The maximum Gasteiger partial charge on any atom is 0.442 e. The number of alkyl halides is 3. The van der Waals surface area contributed by atoms with Crippen molar-refractivity contribution in [3.05, 3.63) is 36.0 Å². The van der Waals surface area contributed by atoms with Gasteiger partial charge in [-0.1, -0.05) is 46.0 Å². The quantitative estimate of drug-likeness (QED) is 0.631. The lowest BCUT2D eigenvalue weighted by molar-refractivity contribution is -0.166. The first-order valence-corrected chi connectivity index (χ1v) is 10.5. The van der Waals surface area contributed by atoms with Crippen molar-refractivity contribution < 1.29 is 13.2 Å². The molecule has 1 aliphatic rings. The van der Waals surface area contributed by atoms with E-state index in [0.717, 1.165) is 10.9 Å². The van der Waals surface area contributed by atoms with E-state index in [1.807, 2.05) is 12.3 Å². The van der Waals surface area contributed by atoms with Gasteiger partial charge in [-0.05, 0) is 28.8 Å². The van der Waals surface area contributed by atoms with Crippen LogP contribution in [0.15, 0.2) is 40.7 Å². The molecule has 0 saturated heterocycles. The van der Waals surface area contributed by atoms with Crippen LogP contribution < -0.4 is 0 Å². The lowest BCUT2D eigenvalue weighted by Gasteiger charge is -2.38. The SMILES string of the molecule is CC(C)(C)[Si](C)(C)n1ccc2ccc(C3(C(F)(F)F)N=N3)cc21. The summed E-state index contributed by atoms with van der Waals surface area (Å²) >= 11 is 0. The minimum absolute atomic E-state index is 0.0744. The highest BCUT2D eigenvalue weighted by molar-refractivity contribution is 6.79. The fourth-order valence-electron chi connectivity index (χ4n) is 2.64. The molecule has 0 unspecified atom stereocenters. The molecule has 0 spiro atoms. The molecular weight excluding hydrogens is 319 g/mol. The molecule has 0 fully saturated rings. The van der Waals surface area contributed by atoms with Crippen LogP contribution in [0.5, 0.6) is 0 Å². The van der Waals surface area contributed by atoms with Gasteiger partial charge < -0.3 is 4.23 Å². The Bertz CT molecular complexity index is 791. The van der Waals surface area contributed by atoms with Crippen LogP contribution in [0.1, 0.15) is 26.3 Å². The molecule has 0 amide bonds. The van der Waals surface area contributed by atoms with Gasteiger partial charge in [0.15, 0.2) is 8.24 Å². The van der Waals surface area contributed by atoms with Gasteiger partial charge in [0, 0.05) is 11.1 Å². The van der Waals surface area contributed by atoms with Gasteiger partial charge in [-0.3, -0.25) is 0 Å². The second kappa shape index (κ2) is 4.46. The number of benzene rings is 1. The van der Waals surface area contributed by atoms with E-state index in [1.165, 1.54) is 6.07 Å². The first kappa shape index (κ1) is 16.2. The molecule has 1 aromatic heterocycles. The summed E-state index contributed by atoms with van der Waals surface area (Å²) in [6.45, 7) is 11.0. The maximum atomic E-state index is 13.2. The summed E-state index contributed by atoms with van der Waals surface area (Å²) < 4.78 is 41.9. The lowest BCUT2D eigenvalue weighted by atomic mass is 10.0. The zero-order valence-corrected chi connectivity index (χ0v) is 14.9. The molecule has 0 aliphatic carbocycles. The largest absolute Gasteiger partial charge is 0.442 e. The summed E-state index contributed by atoms with van der Waals surface area (Å²) in [5.74, 6) is 0. The summed E-state index contributed by atoms with van der Waals surface area (Å²) in [7, 11) is -1.93. The molecule has 0 bridgehead atoms. The summed E-state index contributed by atoms with van der Waals surface area (Å²) in [4.78, 5) is 0. The van der Waals surface area contributed by atoms with Crippen molar-refractivity contribution in [2.45, 2.75) is 50.7 Å². The minimum Gasteiger partial charge on any atom is -0.374 e. The topological polar surface area (TPSA) is 29.6 Å². The standard InChI is InChI=1S/C16H20F3N3Si/c1-14(2,3)23(4,5)22-9-8-11-6-7-12(10-13(11)22)15(20-21-15)16(17,18)19/h6-10H,1-5H3. The molecule has 0 N–H and O–H groups in total. The second-order valence-corrected chi connectivity index (χ2v) is 12.7. The van der Waals surface area contributed by atoms with Crippen molar-refractivity contribution in [1.29, 1.82) is 0 Å². The van der Waals surface area contributed by atoms with Crippen molar-refractivity contribution in [3.63, 3.8) is 0 Å². The highest BCUT2D eigenvalue weighted by Gasteiger charge is 2.65. The van der Waals surface area contributed by atoms with Gasteiger partial charge in [0.1, 0.15) is 0 Å². The van der Waals surface area contributed by atoms with Crippen LogP contribution in [-0.2, 0) is 5.66 Å². The van der Waals surface area contributed by atoms with Crippen molar-refractivity contribution in [2.24, 2.45) is 10.2 Å². The van der Waals surface area contributed by atoms with E-state index < -0.39 is 20.1 Å². The molecule has 0 radical (unpaired) electrons. The molecule has 2 aromatic rings. The third-order valence-corrected chi connectivity index (χ3v) is 10.5. The smallest absolute Gasteiger partial charge is 0.374 e. The predicted octanol–water partition coefficient (Wildman–Crippen LogP) is 5.68. The second-order valence-electron chi connectivity index (χ2n) is 7.64. The average Bonchev–Trinajstić information content (AvgIpc) is 3.11. The molecule has 0 atom stereocenters. The highest BCUT2D eigenvalue weighted by Crippen LogP contribution is 2.52. The van der Waals surface area contributed by atoms with E-state index in [9.17, 15) is 13.2 Å². The Kier molecular flexibility index (Phi) is 3.15. The third kappa shape index (κ3) is 2.24. The van der Waals surface area contributed by atoms with Crippen molar-refractivity contribution in [1.82, 2.24) is 4.23 Å². The number of halogens is 3. The van der Waals surface area contributed by atoms with Crippen molar-refractivity contribution in [2.75, 3.05) is 0 Å². The Morgan fingerprint density at radius 2 is 1.65 bits per heavy atom. The Hall–Kier alpha value is -1.63. The molecule has 23 heavy (non-hydrogen) atoms. The van der Waals surface area contributed by atoms with E-state index in [4.69, 9.17) is 0 Å². The normalized spacial score (nSPS) is 17.7. The van der Waals surface area contributed by atoms with Crippen LogP contribution in [0.25, 0.3) is 10.9 Å². The van der Waals surface area contributed by atoms with Gasteiger partial charge in [-0.25, -0.2) is 0 Å². The van der Waals surface area contributed by atoms with Gasteiger partial charge in [0.25, 0.3) is 0 Å². The predicted molar refractivity (Wildman–Crippen MR) is 87.1 cm³/mol. The summed E-state index contributed by atoms with van der Waals surface area (Å²) in [5, 5.41) is 7.63. The number of rotatable bonds is 2. The Balaban J connectivity index is 2.16. The van der Waals surface area contributed by atoms with E-state index in [-0.39, 0.29) is 10.6 Å². The number of fused-ring (bicyclic) bond motifs is 1. The molecule has 124 valence electrons. The molecule has 3 rings (SSSR count).